The normalized spacial score (nSPS) is 11.5. The number of benzene rings is 1. The van der Waals surface area contributed by atoms with Gasteiger partial charge in [0.25, 0.3) is 0 Å². The Kier molecular flexibility index (Phi) is 5.24. The van der Waals surface area contributed by atoms with E-state index < -0.39 is 5.41 Å². The first kappa shape index (κ1) is 15.4. The zero-order valence-electron chi connectivity index (χ0n) is 10.8. The number of thioether (sulfide) groups is 1. The molecule has 0 aliphatic rings. The van der Waals surface area contributed by atoms with Gasteiger partial charge >= 0.3 is 0 Å². The summed E-state index contributed by atoms with van der Waals surface area (Å²) in [6.45, 7) is 5.68. The van der Waals surface area contributed by atoms with Gasteiger partial charge in [0.15, 0.2) is 5.41 Å². The third-order valence-electron chi connectivity index (χ3n) is 2.87. The van der Waals surface area contributed by atoms with E-state index in [0.717, 1.165) is 0 Å². The van der Waals surface area contributed by atoms with Crippen LogP contribution < -0.4 is 0 Å². The summed E-state index contributed by atoms with van der Waals surface area (Å²) in [6.07, 6.45) is 1.88. The number of hydrogen-bond acceptors (Lipinski definition) is 3. The minimum atomic E-state index is -1.38. The summed E-state index contributed by atoms with van der Waals surface area (Å²) in [5, 5.41) is 21.2. The summed E-state index contributed by atoms with van der Waals surface area (Å²) >= 11 is 7.56. The highest BCUT2D eigenvalue weighted by Gasteiger charge is 2.37. The molecule has 0 aliphatic carbocycles. The highest BCUT2D eigenvalue weighted by Crippen LogP contribution is 2.42. The van der Waals surface area contributed by atoms with Crippen molar-refractivity contribution >= 4 is 28.9 Å². The first-order chi connectivity index (χ1) is 9.03. The van der Waals surface area contributed by atoms with Crippen molar-refractivity contribution in [2.24, 2.45) is 5.41 Å². The third kappa shape index (κ3) is 2.84. The van der Waals surface area contributed by atoms with Crippen LogP contribution >= 0.6 is 23.4 Å². The third-order valence-corrected chi connectivity index (χ3v) is 3.79. The Balaban J connectivity index is 3.43. The fraction of sp³-hybridized carbons (Fsp3) is 0.200. The zero-order chi connectivity index (χ0) is 14.5. The van der Waals surface area contributed by atoms with Gasteiger partial charge in [0, 0.05) is 5.02 Å². The largest absolute Gasteiger partial charge is 0.196 e. The lowest BCUT2D eigenvalue weighted by molar-refractivity contribution is 0.817. The van der Waals surface area contributed by atoms with E-state index in [-0.39, 0.29) is 0 Å². The van der Waals surface area contributed by atoms with Gasteiger partial charge in [-0.3, -0.25) is 0 Å². The van der Waals surface area contributed by atoms with Crippen molar-refractivity contribution in [1.29, 1.82) is 10.5 Å². The Hall–Kier alpha value is -1.68. The number of allylic oxidation sites excluding steroid dienone is 2. The predicted molar refractivity (Wildman–Crippen MR) is 81.4 cm³/mol. The maximum atomic E-state index is 9.47. The Morgan fingerprint density at radius 3 is 2.42 bits per heavy atom. The van der Waals surface area contributed by atoms with Crippen molar-refractivity contribution in [3.63, 3.8) is 0 Å². The molecule has 0 amide bonds. The summed E-state index contributed by atoms with van der Waals surface area (Å²) in [7, 11) is 0. The number of nitriles is 2. The molecule has 0 atom stereocenters. The Labute approximate surface area is 123 Å². The van der Waals surface area contributed by atoms with E-state index in [1.165, 1.54) is 11.8 Å². The fourth-order valence-electron chi connectivity index (χ4n) is 1.75. The number of halogens is 1. The van der Waals surface area contributed by atoms with Crippen molar-refractivity contribution < 1.29 is 0 Å². The van der Waals surface area contributed by atoms with Crippen LogP contribution in [0.15, 0.2) is 41.8 Å². The van der Waals surface area contributed by atoms with Gasteiger partial charge in [0.2, 0.25) is 0 Å². The van der Waals surface area contributed by atoms with Crippen molar-refractivity contribution in [2.45, 2.75) is 6.92 Å². The SMILES string of the molecule is C=C(c1ccccc1Cl)C(C#N)(C#N)C(C)=CSC. The second kappa shape index (κ2) is 6.48. The predicted octanol–water partition coefficient (Wildman–Crippen LogP) is 4.65. The van der Waals surface area contributed by atoms with E-state index in [1.807, 2.05) is 6.26 Å². The summed E-state index contributed by atoms with van der Waals surface area (Å²) in [6, 6.07) is 11.2. The van der Waals surface area contributed by atoms with Crippen LogP contribution in [0.5, 0.6) is 0 Å². The molecule has 1 aromatic rings. The van der Waals surface area contributed by atoms with Gasteiger partial charge in [0.05, 0.1) is 12.1 Å². The quantitative estimate of drug-likeness (QED) is 0.810. The van der Waals surface area contributed by atoms with E-state index in [4.69, 9.17) is 11.6 Å². The molecular formula is C15H13ClN2S. The van der Waals surface area contributed by atoms with E-state index in [9.17, 15) is 10.5 Å². The zero-order valence-corrected chi connectivity index (χ0v) is 12.3. The molecule has 2 nitrogen and oxygen atoms in total. The average Bonchev–Trinajstić information content (AvgIpc) is 2.41. The van der Waals surface area contributed by atoms with Crippen LogP contribution in [0.3, 0.4) is 0 Å². The lowest BCUT2D eigenvalue weighted by atomic mass is 9.75. The molecule has 0 aliphatic heterocycles. The number of hydrogen-bond donors (Lipinski definition) is 0. The van der Waals surface area contributed by atoms with Gasteiger partial charge in [0.1, 0.15) is 0 Å². The van der Waals surface area contributed by atoms with Gasteiger partial charge < -0.3 is 0 Å². The topological polar surface area (TPSA) is 47.6 Å². The van der Waals surface area contributed by atoms with Crippen LogP contribution in [0.1, 0.15) is 12.5 Å². The van der Waals surface area contributed by atoms with Crippen LogP contribution in [0.4, 0.5) is 0 Å². The molecule has 96 valence electrons. The maximum absolute atomic E-state index is 9.47. The van der Waals surface area contributed by atoms with E-state index in [2.05, 4.69) is 18.7 Å². The van der Waals surface area contributed by atoms with Gasteiger partial charge in [-0.1, -0.05) is 36.4 Å². The minimum Gasteiger partial charge on any atom is -0.196 e. The second-order valence-corrected chi connectivity index (χ2v) is 5.08. The van der Waals surface area contributed by atoms with Gasteiger partial charge in [-0.15, -0.1) is 11.8 Å². The molecule has 19 heavy (non-hydrogen) atoms. The van der Waals surface area contributed by atoms with Gasteiger partial charge in [-0.05, 0) is 41.4 Å². The Morgan fingerprint density at radius 1 is 1.37 bits per heavy atom. The minimum absolute atomic E-state index is 0.408. The molecule has 0 aromatic heterocycles. The second-order valence-electron chi connectivity index (χ2n) is 3.97. The lowest BCUT2D eigenvalue weighted by Gasteiger charge is -2.23. The van der Waals surface area contributed by atoms with Crippen LogP contribution in [-0.4, -0.2) is 6.26 Å². The Bertz CT molecular complexity index is 591. The van der Waals surface area contributed by atoms with Crippen molar-refractivity contribution in [3.05, 3.63) is 52.4 Å². The van der Waals surface area contributed by atoms with E-state index >= 15 is 0 Å². The highest BCUT2D eigenvalue weighted by atomic mass is 35.5. The average molecular weight is 289 g/mol. The molecule has 0 fully saturated rings. The van der Waals surface area contributed by atoms with Crippen LogP contribution in [0.2, 0.25) is 5.02 Å². The van der Waals surface area contributed by atoms with Crippen molar-refractivity contribution in [2.75, 3.05) is 6.26 Å². The molecule has 0 heterocycles. The first-order valence-electron chi connectivity index (χ1n) is 5.50. The molecular weight excluding hydrogens is 276 g/mol. The lowest BCUT2D eigenvalue weighted by Crippen LogP contribution is -2.19. The van der Waals surface area contributed by atoms with Gasteiger partial charge in [-0.2, -0.15) is 10.5 Å². The molecule has 1 aromatic carbocycles. The Morgan fingerprint density at radius 2 is 1.95 bits per heavy atom. The molecule has 0 unspecified atom stereocenters. The molecule has 4 heteroatoms. The fourth-order valence-corrected chi connectivity index (χ4v) is 2.53. The monoisotopic (exact) mass is 288 g/mol. The molecule has 0 saturated heterocycles. The van der Waals surface area contributed by atoms with E-state index in [0.29, 0.717) is 21.7 Å². The molecule has 0 bridgehead atoms. The summed E-state index contributed by atoms with van der Waals surface area (Å²) in [5.41, 5.74) is 0.301. The first-order valence-corrected chi connectivity index (χ1v) is 7.17. The smallest absolute Gasteiger partial charge is 0.190 e. The molecule has 1 rings (SSSR count). The number of rotatable bonds is 4. The molecule has 0 spiro atoms. The number of nitrogens with zero attached hydrogens (tertiary/aromatic N) is 2. The molecule has 0 N–H and O–H groups in total. The summed E-state index contributed by atoms with van der Waals surface area (Å²) < 4.78 is 0. The summed E-state index contributed by atoms with van der Waals surface area (Å²) in [4.78, 5) is 0. The highest BCUT2D eigenvalue weighted by molar-refractivity contribution is 8.01. The van der Waals surface area contributed by atoms with Crippen LogP contribution in [0.25, 0.3) is 5.57 Å². The molecule has 0 radical (unpaired) electrons. The van der Waals surface area contributed by atoms with Crippen LogP contribution in [0, 0.1) is 28.1 Å². The standard InChI is InChI=1S/C15H13ClN2S/c1-11(8-19-3)15(9-17,10-18)12(2)13-6-4-5-7-14(13)16/h4-8H,2H2,1,3H3. The van der Waals surface area contributed by atoms with Crippen molar-refractivity contribution in [1.82, 2.24) is 0 Å². The van der Waals surface area contributed by atoms with E-state index in [1.54, 1.807) is 36.6 Å². The maximum Gasteiger partial charge on any atom is 0.190 e. The van der Waals surface area contributed by atoms with Gasteiger partial charge in [-0.25, -0.2) is 0 Å². The van der Waals surface area contributed by atoms with Crippen LogP contribution in [-0.2, 0) is 0 Å². The molecule has 0 saturated carbocycles. The van der Waals surface area contributed by atoms with Crippen molar-refractivity contribution in [3.8, 4) is 12.1 Å². The summed E-state index contributed by atoms with van der Waals surface area (Å²) in [5.74, 6) is 0.